The molecule has 0 saturated heterocycles. The Morgan fingerprint density at radius 1 is 1.21 bits per heavy atom. The van der Waals surface area contributed by atoms with Crippen LogP contribution in [-0.4, -0.2) is 31.5 Å². The lowest BCUT2D eigenvalue weighted by molar-refractivity contribution is 0.201. The average molecular weight is 288 g/mol. The molecule has 0 aliphatic carbocycles. The fourth-order valence-electron chi connectivity index (χ4n) is 1.64. The van der Waals surface area contributed by atoms with Crippen molar-refractivity contribution in [3.05, 3.63) is 29.8 Å². The number of rotatable bonds is 9. The molecule has 1 rings (SSSR count). The van der Waals surface area contributed by atoms with Crippen molar-refractivity contribution in [1.29, 1.82) is 0 Å². The van der Waals surface area contributed by atoms with Gasteiger partial charge in [-0.05, 0) is 31.5 Å². The maximum absolute atomic E-state index is 12.4. The molecular weight excluding hydrogens is 267 g/mol. The number of ether oxygens (including phenoxy) is 1. The third kappa shape index (κ3) is 5.74. The van der Waals surface area contributed by atoms with E-state index in [0.29, 0.717) is 19.0 Å². The van der Waals surface area contributed by atoms with Gasteiger partial charge in [-0.15, -0.1) is 0 Å². The van der Waals surface area contributed by atoms with Crippen molar-refractivity contribution in [3.8, 4) is 5.75 Å². The quantitative estimate of drug-likeness (QED) is 0.708. The van der Waals surface area contributed by atoms with Gasteiger partial charge in [0.1, 0.15) is 12.4 Å². The molecule has 0 heterocycles. The summed E-state index contributed by atoms with van der Waals surface area (Å²) in [6.07, 6.45) is 0.213. The largest absolute Gasteiger partial charge is 0.491 e. The summed E-state index contributed by atoms with van der Waals surface area (Å²) in [6, 6.07) is 7.21. The van der Waals surface area contributed by atoms with Crippen molar-refractivity contribution < 1.29 is 23.5 Å². The summed E-state index contributed by atoms with van der Waals surface area (Å²) in [5.74, 6) is 0.631. The van der Waals surface area contributed by atoms with Gasteiger partial charge < -0.3 is 18.9 Å². The van der Waals surface area contributed by atoms with Crippen LogP contribution in [0.25, 0.3) is 0 Å². The van der Waals surface area contributed by atoms with E-state index in [1.165, 1.54) is 0 Å². The van der Waals surface area contributed by atoms with E-state index >= 15 is 0 Å². The topological polar surface area (TPSA) is 65.0 Å². The van der Waals surface area contributed by atoms with Crippen LogP contribution < -0.4 is 4.74 Å². The van der Waals surface area contributed by atoms with Crippen molar-refractivity contribution in [1.82, 2.24) is 0 Å². The van der Waals surface area contributed by atoms with Gasteiger partial charge in [0, 0.05) is 0 Å². The van der Waals surface area contributed by atoms with Crippen LogP contribution in [0.1, 0.15) is 19.4 Å². The van der Waals surface area contributed by atoms with Crippen LogP contribution in [0.5, 0.6) is 5.75 Å². The van der Waals surface area contributed by atoms with E-state index in [-0.39, 0.29) is 19.4 Å². The Morgan fingerprint density at radius 3 is 2.47 bits per heavy atom. The molecule has 0 amide bonds. The summed E-state index contributed by atoms with van der Waals surface area (Å²) in [5.41, 5.74) is 0.820. The molecule has 0 atom stereocenters. The number of hydrogen-bond acceptors (Lipinski definition) is 5. The van der Waals surface area contributed by atoms with Gasteiger partial charge in [0.2, 0.25) is 0 Å². The maximum atomic E-state index is 12.4. The molecule has 0 unspecified atom stereocenters. The Labute approximate surface area is 114 Å². The van der Waals surface area contributed by atoms with Crippen LogP contribution in [-0.2, 0) is 19.8 Å². The molecule has 0 saturated carbocycles. The van der Waals surface area contributed by atoms with Crippen molar-refractivity contribution in [2.45, 2.75) is 20.0 Å². The molecule has 19 heavy (non-hydrogen) atoms. The zero-order valence-corrected chi connectivity index (χ0v) is 12.3. The van der Waals surface area contributed by atoms with E-state index in [2.05, 4.69) is 0 Å². The lowest BCUT2D eigenvalue weighted by Crippen LogP contribution is -2.02. The van der Waals surface area contributed by atoms with Crippen molar-refractivity contribution >= 4 is 7.60 Å². The fourth-order valence-corrected chi connectivity index (χ4v) is 3.33. The van der Waals surface area contributed by atoms with E-state index in [1.54, 1.807) is 26.0 Å². The van der Waals surface area contributed by atoms with Gasteiger partial charge in [-0.3, -0.25) is 4.57 Å². The van der Waals surface area contributed by atoms with Gasteiger partial charge in [-0.2, -0.15) is 0 Å². The highest BCUT2D eigenvalue weighted by Crippen LogP contribution is 2.51. The summed E-state index contributed by atoms with van der Waals surface area (Å²) >= 11 is 0. The normalized spacial score (nSPS) is 11.5. The van der Waals surface area contributed by atoms with Crippen LogP contribution in [0.15, 0.2) is 24.3 Å². The maximum Gasteiger partial charge on any atom is 0.335 e. The Balaban J connectivity index is 2.76. The second kappa shape index (κ2) is 8.33. The molecule has 1 N–H and O–H groups in total. The highest BCUT2D eigenvalue weighted by atomic mass is 31.2. The summed E-state index contributed by atoms with van der Waals surface area (Å²) in [4.78, 5) is 0. The monoisotopic (exact) mass is 288 g/mol. The summed E-state index contributed by atoms with van der Waals surface area (Å²) in [7, 11) is -3.09. The minimum absolute atomic E-state index is 0.0411. The minimum atomic E-state index is -3.09. The fraction of sp³-hybridized carbons (Fsp3) is 0.538. The van der Waals surface area contributed by atoms with Gasteiger partial charge in [0.15, 0.2) is 0 Å². The number of aliphatic hydroxyl groups excluding tert-OH is 1. The Hall–Kier alpha value is -0.870. The molecular formula is C13H21O5P. The van der Waals surface area contributed by atoms with Crippen LogP contribution in [0.3, 0.4) is 0 Å². The minimum Gasteiger partial charge on any atom is -0.491 e. The molecule has 0 aliphatic heterocycles. The molecule has 1 aromatic carbocycles. The lowest BCUT2D eigenvalue weighted by atomic mass is 10.2. The first-order valence-electron chi connectivity index (χ1n) is 6.34. The van der Waals surface area contributed by atoms with E-state index in [9.17, 15) is 4.57 Å². The number of aliphatic hydroxyl groups is 1. The van der Waals surface area contributed by atoms with E-state index in [4.69, 9.17) is 18.9 Å². The van der Waals surface area contributed by atoms with Crippen molar-refractivity contribution in [2.75, 3.05) is 26.4 Å². The molecule has 0 bridgehead atoms. The smallest absolute Gasteiger partial charge is 0.335 e. The highest BCUT2D eigenvalue weighted by Gasteiger charge is 2.24. The third-order valence-corrected chi connectivity index (χ3v) is 4.34. The van der Waals surface area contributed by atoms with Crippen molar-refractivity contribution in [3.63, 3.8) is 0 Å². The zero-order valence-electron chi connectivity index (χ0n) is 11.4. The predicted molar refractivity (Wildman–Crippen MR) is 73.6 cm³/mol. The number of hydrogen-bond donors (Lipinski definition) is 1. The first-order valence-corrected chi connectivity index (χ1v) is 8.07. The summed E-state index contributed by atoms with van der Waals surface area (Å²) in [5, 5.41) is 8.71. The predicted octanol–water partition coefficient (Wildman–Crippen LogP) is 2.82. The van der Waals surface area contributed by atoms with Crippen LogP contribution in [0, 0.1) is 0 Å². The molecule has 0 aliphatic rings. The van der Waals surface area contributed by atoms with Gasteiger partial charge in [0.05, 0.1) is 26.0 Å². The second-order valence-electron chi connectivity index (χ2n) is 3.82. The van der Waals surface area contributed by atoms with Crippen molar-refractivity contribution in [2.24, 2.45) is 0 Å². The number of benzene rings is 1. The Morgan fingerprint density at radius 2 is 1.89 bits per heavy atom. The summed E-state index contributed by atoms with van der Waals surface area (Å²) in [6.45, 7) is 4.45. The Kier molecular flexibility index (Phi) is 7.10. The molecule has 0 fully saturated rings. The third-order valence-electron chi connectivity index (χ3n) is 2.29. The van der Waals surface area contributed by atoms with E-state index in [0.717, 1.165) is 5.56 Å². The second-order valence-corrected chi connectivity index (χ2v) is 5.88. The van der Waals surface area contributed by atoms with Gasteiger partial charge in [0.25, 0.3) is 0 Å². The van der Waals surface area contributed by atoms with Gasteiger partial charge in [-0.1, -0.05) is 12.1 Å². The Bertz CT molecular complexity index is 411. The zero-order chi connectivity index (χ0) is 14.1. The van der Waals surface area contributed by atoms with Gasteiger partial charge in [-0.25, -0.2) is 0 Å². The van der Waals surface area contributed by atoms with Crippen LogP contribution in [0.4, 0.5) is 0 Å². The van der Waals surface area contributed by atoms with Crippen LogP contribution >= 0.6 is 7.60 Å². The molecule has 0 radical (unpaired) electrons. The first-order chi connectivity index (χ1) is 9.13. The average Bonchev–Trinajstić information content (AvgIpc) is 2.37. The molecule has 5 nitrogen and oxygen atoms in total. The molecule has 6 heteroatoms. The lowest BCUT2D eigenvalue weighted by Gasteiger charge is -2.17. The highest BCUT2D eigenvalue weighted by molar-refractivity contribution is 7.53. The SMILES string of the molecule is CCOP(=O)(Cc1cccc(OCCO)c1)OCC. The molecule has 108 valence electrons. The van der Waals surface area contributed by atoms with E-state index < -0.39 is 7.60 Å². The van der Waals surface area contributed by atoms with Gasteiger partial charge >= 0.3 is 7.60 Å². The summed E-state index contributed by atoms with van der Waals surface area (Å²) < 4.78 is 28.2. The molecule has 0 spiro atoms. The first kappa shape index (κ1) is 16.2. The molecule has 0 aromatic heterocycles. The standard InChI is InChI=1S/C13H21O5P/c1-3-17-19(15,18-4-2)11-12-6-5-7-13(10-12)16-9-8-14/h5-7,10,14H,3-4,8-9,11H2,1-2H3. The van der Waals surface area contributed by atoms with Crippen LogP contribution in [0.2, 0.25) is 0 Å². The molecule has 1 aromatic rings. The van der Waals surface area contributed by atoms with E-state index in [1.807, 2.05) is 12.1 Å².